The summed E-state index contributed by atoms with van der Waals surface area (Å²) in [6, 6.07) is 4.18. The Morgan fingerprint density at radius 3 is 2.59 bits per heavy atom. The minimum Gasteiger partial charge on any atom is -0.490 e. The lowest BCUT2D eigenvalue weighted by atomic mass is 9.98. The number of aliphatic hydroxyl groups excluding tert-OH is 1. The molecule has 0 unspecified atom stereocenters. The van der Waals surface area contributed by atoms with E-state index in [9.17, 15) is 9.90 Å². The van der Waals surface area contributed by atoms with Crippen LogP contribution in [0.3, 0.4) is 0 Å². The van der Waals surface area contributed by atoms with E-state index in [1.54, 1.807) is 0 Å². The Morgan fingerprint density at radius 2 is 2.00 bits per heavy atom. The number of aryl methyl sites for hydroxylation is 2. The number of ketones is 1. The van der Waals surface area contributed by atoms with Gasteiger partial charge in [-0.05, 0) is 37.5 Å². The van der Waals surface area contributed by atoms with E-state index in [-0.39, 0.29) is 12.4 Å². The van der Waals surface area contributed by atoms with Crippen molar-refractivity contribution in [2.24, 2.45) is 0 Å². The molecule has 0 heterocycles. The summed E-state index contributed by atoms with van der Waals surface area (Å²) in [5.74, 6) is 0.685. The maximum Gasteiger partial charge on any atom is 0.166 e. The number of aliphatic hydroxyl groups is 1. The number of ether oxygens (including phenoxy) is 1. The van der Waals surface area contributed by atoms with Crippen LogP contribution in [0.4, 0.5) is 0 Å². The molecule has 0 aromatic heterocycles. The number of rotatable bonds is 9. The Labute approximate surface area is 133 Å². The molecule has 0 radical (unpaired) electrons. The number of hydrogen-bond donors (Lipinski definition) is 2. The van der Waals surface area contributed by atoms with Crippen LogP contribution in [0.25, 0.3) is 0 Å². The standard InChI is InChI=1S/C18H29NO3/c1-6-7-16(21)18-14(5)8-13(4)9-17(18)22-11-15(20)10-19-12(2)3/h8-9,12,15,19-20H,6-7,10-11H2,1-5H3/t15-/m0/s1. The normalized spacial score (nSPS) is 12.5. The number of benzene rings is 1. The van der Waals surface area contributed by atoms with Crippen LogP contribution in [0.5, 0.6) is 5.75 Å². The van der Waals surface area contributed by atoms with E-state index in [1.807, 2.05) is 46.8 Å². The summed E-state index contributed by atoms with van der Waals surface area (Å²) < 4.78 is 5.75. The van der Waals surface area contributed by atoms with E-state index in [0.717, 1.165) is 17.5 Å². The number of hydrogen-bond acceptors (Lipinski definition) is 4. The molecule has 4 heteroatoms. The predicted octanol–water partition coefficient (Wildman–Crippen LogP) is 3.02. The van der Waals surface area contributed by atoms with Gasteiger partial charge in [-0.25, -0.2) is 0 Å². The van der Waals surface area contributed by atoms with Crippen molar-refractivity contribution in [3.05, 3.63) is 28.8 Å². The molecular weight excluding hydrogens is 278 g/mol. The SMILES string of the molecule is CCCC(=O)c1c(C)cc(C)cc1OC[C@@H](O)CNC(C)C. The van der Waals surface area contributed by atoms with E-state index >= 15 is 0 Å². The van der Waals surface area contributed by atoms with E-state index in [2.05, 4.69) is 5.32 Å². The second-order valence-corrected chi connectivity index (χ2v) is 6.16. The second-order valence-electron chi connectivity index (χ2n) is 6.16. The van der Waals surface area contributed by atoms with E-state index in [0.29, 0.717) is 30.3 Å². The van der Waals surface area contributed by atoms with E-state index in [4.69, 9.17) is 4.74 Å². The van der Waals surface area contributed by atoms with Crippen LogP contribution in [-0.4, -0.2) is 36.2 Å². The van der Waals surface area contributed by atoms with Crippen LogP contribution in [0.1, 0.15) is 55.1 Å². The fourth-order valence-corrected chi connectivity index (χ4v) is 2.37. The first kappa shape index (κ1) is 18.7. The maximum atomic E-state index is 12.3. The molecule has 1 aromatic rings. The summed E-state index contributed by atoms with van der Waals surface area (Å²) in [5, 5.41) is 13.1. The molecule has 1 rings (SSSR count). The van der Waals surface area contributed by atoms with Crippen LogP contribution >= 0.6 is 0 Å². The van der Waals surface area contributed by atoms with Gasteiger partial charge in [0.1, 0.15) is 18.5 Å². The molecule has 124 valence electrons. The van der Waals surface area contributed by atoms with Crippen LogP contribution in [-0.2, 0) is 0 Å². The summed E-state index contributed by atoms with van der Waals surface area (Å²) in [6.07, 6.45) is 0.724. The van der Waals surface area contributed by atoms with Crippen molar-refractivity contribution in [1.29, 1.82) is 0 Å². The van der Waals surface area contributed by atoms with Gasteiger partial charge in [0.25, 0.3) is 0 Å². The van der Waals surface area contributed by atoms with Crippen molar-refractivity contribution in [3.8, 4) is 5.75 Å². The van der Waals surface area contributed by atoms with Gasteiger partial charge in [-0.15, -0.1) is 0 Å². The van der Waals surface area contributed by atoms with Crippen molar-refractivity contribution >= 4 is 5.78 Å². The number of nitrogens with one attached hydrogen (secondary N) is 1. The fraction of sp³-hybridized carbons (Fsp3) is 0.611. The van der Waals surface area contributed by atoms with Crippen molar-refractivity contribution < 1.29 is 14.6 Å². The zero-order valence-corrected chi connectivity index (χ0v) is 14.4. The number of carbonyl (C=O) groups is 1. The molecule has 0 saturated heterocycles. The zero-order valence-electron chi connectivity index (χ0n) is 14.4. The van der Waals surface area contributed by atoms with Crippen molar-refractivity contribution in [3.63, 3.8) is 0 Å². The second kappa shape index (κ2) is 8.91. The Hall–Kier alpha value is -1.39. The quantitative estimate of drug-likeness (QED) is 0.689. The molecule has 0 bridgehead atoms. The van der Waals surface area contributed by atoms with Crippen molar-refractivity contribution in [2.75, 3.05) is 13.2 Å². The highest BCUT2D eigenvalue weighted by molar-refractivity contribution is 6.00. The largest absolute Gasteiger partial charge is 0.490 e. The van der Waals surface area contributed by atoms with Gasteiger partial charge >= 0.3 is 0 Å². The van der Waals surface area contributed by atoms with Gasteiger partial charge in [0.05, 0.1) is 5.56 Å². The molecule has 4 nitrogen and oxygen atoms in total. The Morgan fingerprint density at radius 1 is 1.32 bits per heavy atom. The Kier molecular flexibility index (Phi) is 7.56. The summed E-state index contributed by atoms with van der Waals surface area (Å²) in [6.45, 7) is 10.6. The van der Waals surface area contributed by atoms with Crippen LogP contribution in [0, 0.1) is 13.8 Å². The lowest BCUT2D eigenvalue weighted by molar-refractivity contribution is 0.0944. The monoisotopic (exact) mass is 307 g/mol. The van der Waals surface area contributed by atoms with Gasteiger partial charge in [-0.1, -0.05) is 26.8 Å². The first-order valence-corrected chi connectivity index (χ1v) is 8.03. The molecule has 22 heavy (non-hydrogen) atoms. The van der Waals surface area contributed by atoms with Gasteiger partial charge in [0.2, 0.25) is 0 Å². The van der Waals surface area contributed by atoms with Gasteiger partial charge < -0.3 is 15.2 Å². The lowest BCUT2D eigenvalue weighted by Gasteiger charge is -2.18. The highest BCUT2D eigenvalue weighted by Crippen LogP contribution is 2.26. The molecule has 0 aliphatic carbocycles. The van der Waals surface area contributed by atoms with Gasteiger partial charge in [-0.3, -0.25) is 4.79 Å². The van der Waals surface area contributed by atoms with Crippen LogP contribution in [0.15, 0.2) is 12.1 Å². The van der Waals surface area contributed by atoms with Crippen LogP contribution in [0.2, 0.25) is 0 Å². The molecule has 0 aliphatic heterocycles. The van der Waals surface area contributed by atoms with Gasteiger partial charge in [-0.2, -0.15) is 0 Å². The van der Waals surface area contributed by atoms with Crippen LogP contribution < -0.4 is 10.1 Å². The Bertz CT molecular complexity index is 497. The first-order chi connectivity index (χ1) is 10.3. The van der Waals surface area contributed by atoms with E-state index < -0.39 is 6.10 Å². The van der Waals surface area contributed by atoms with Gasteiger partial charge in [0.15, 0.2) is 5.78 Å². The molecular formula is C18H29NO3. The minimum absolute atomic E-state index is 0.102. The third-order valence-electron chi connectivity index (χ3n) is 3.39. The predicted molar refractivity (Wildman–Crippen MR) is 89.8 cm³/mol. The highest BCUT2D eigenvalue weighted by atomic mass is 16.5. The molecule has 1 atom stereocenters. The minimum atomic E-state index is -0.600. The Balaban J connectivity index is 2.82. The highest BCUT2D eigenvalue weighted by Gasteiger charge is 2.17. The topological polar surface area (TPSA) is 58.6 Å². The average molecular weight is 307 g/mol. The average Bonchev–Trinajstić information content (AvgIpc) is 2.42. The lowest BCUT2D eigenvalue weighted by Crippen LogP contribution is -2.35. The first-order valence-electron chi connectivity index (χ1n) is 8.03. The third kappa shape index (κ3) is 5.78. The molecule has 0 aliphatic rings. The smallest absolute Gasteiger partial charge is 0.166 e. The molecule has 0 saturated carbocycles. The van der Waals surface area contributed by atoms with Crippen molar-refractivity contribution in [1.82, 2.24) is 5.32 Å². The third-order valence-corrected chi connectivity index (χ3v) is 3.39. The summed E-state index contributed by atoms with van der Waals surface area (Å²) >= 11 is 0. The molecule has 2 N–H and O–H groups in total. The summed E-state index contributed by atoms with van der Waals surface area (Å²) in [7, 11) is 0. The number of Topliss-reactive ketones (excluding diaryl/α,β-unsaturated/α-hetero) is 1. The number of carbonyl (C=O) groups excluding carboxylic acids is 1. The van der Waals surface area contributed by atoms with Gasteiger partial charge in [0, 0.05) is 19.0 Å². The fourth-order valence-electron chi connectivity index (χ4n) is 2.37. The molecule has 0 spiro atoms. The summed E-state index contributed by atoms with van der Waals surface area (Å²) in [4.78, 5) is 12.3. The zero-order chi connectivity index (χ0) is 16.7. The molecule has 0 amide bonds. The molecule has 0 fully saturated rings. The molecule has 1 aromatic carbocycles. The van der Waals surface area contributed by atoms with Crippen molar-refractivity contribution in [2.45, 2.75) is 59.6 Å². The maximum absolute atomic E-state index is 12.3. The summed E-state index contributed by atoms with van der Waals surface area (Å²) in [5.41, 5.74) is 2.63. The van der Waals surface area contributed by atoms with E-state index in [1.165, 1.54) is 0 Å².